The number of nitrogens with zero attached hydrogens (tertiary/aromatic N) is 12. The van der Waals surface area contributed by atoms with Gasteiger partial charge in [0.1, 0.15) is 53.1 Å². The number of hydrogen-bond acceptors (Lipinski definition) is 20. The van der Waals surface area contributed by atoms with E-state index in [1.807, 2.05) is 159 Å². The van der Waals surface area contributed by atoms with Crippen LogP contribution in [0.15, 0.2) is 138 Å². The first-order valence-electron chi connectivity index (χ1n) is 48.1. The van der Waals surface area contributed by atoms with Gasteiger partial charge in [-0.15, -0.1) is 0 Å². The number of para-hydroxylation sites is 5. The minimum Gasteiger partial charge on any atom is -0.486 e. The lowest BCUT2D eigenvalue weighted by Gasteiger charge is -2.23. The molecule has 143 heavy (non-hydrogen) atoms. The highest BCUT2D eigenvalue weighted by molar-refractivity contribution is 6.05. The second kappa shape index (κ2) is 40.9. The van der Waals surface area contributed by atoms with Crippen molar-refractivity contribution in [1.82, 2.24) is 86.7 Å². The Labute approximate surface area is 824 Å². The highest BCUT2D eigenvalue weighted by atomic mass is 16.5. The van der Waals surface area contributed by atoms with Gasteiger partial charge in [0.25, 0.3) is 0 Å². The van der Waals surface area contributed by atoms with E-state index in [1.54, 1.807) is 72.7 Å². The largest absolute Gasteiger partial charge is 0.486 e. The highest BCUT2D eigenvalue weighted by Crippen LogP contribution is 2.37. The predicted molar refractivity (Wildman–Crippen MR) is 542 cm³/mol. The van der Waals surface area contributed by atoms with E-state index in [1.165, 1.54) is 42.1 Å². The number of nitrogens with one attached hydrogen (secondary N) is 7. The van der Waals surface area contributed by atoms with Crippen molar-refractivity contribution in [1.29, 1.82) is 0 Å². The number of fused-ring (bicyclic) bond motifs is 6. The summed E-state index contributed by atoms with van der Waals surface area (Å²) in [6.45, 7) is 35.0. The van der Waals surface area contributed by atoms with Crippen molar-refractivity contribution in [2.24, 2.45) is 59.0 Å². The number of ether oxygens (including phenoxy) is 1. The first kappa shape index (κ1) is 105. The standard InChI is InChI=1S/C19H21N3O3.C18H23N3O3.C17H22N4O3.C17H21N3O4.2C17H21N3O3/c1-19(2,3)11-10-12-6-5-7-13-16(12)21(4)18(25)22(13)14-8-9-15(23)20-17(14)24;1-18(2,3)10-11-6-5-7-12-15(11)20(4)17(24)21(12)13-8-9-14(22)19-16(13)23;1-17(2,3)19-10-6-5-7-11-14(10)20(4)16(24)21(11)12-8-9-13(22)18-15(12)23;1-17(2,3)24-12-7-5-6-10-14(12)19(4)16(23)20(10)11-8-9-13(21)18-15(11)22;1-17(2,3)10-6-5-7-11-14(10)19(4)16(23)20(11)12-8-9-13(21)18-15(12)22;1-10(2)8-11-4-5-12-14(9-11)19(3)17(23)20(12)13-6-7-15(21)18-16(13)22/h5-7,14H,8-9H2,1-4H3,(H,20,23,24);5-7,13H,8-10H2,1-4H3,(H,19,22,23);5-7,12,19H,8-9H2,1-4H3,(H,18,22,23);5-7,11H,8-9H2,1-4H3,(H,18,21,22);5-7,12H,8-9H2,1-4H3,(H,18,21,22);4-5,9-10,13H,6-8H2,1-3H3,(H,18,21,22). The van der Waals surface area contributed by atoms with Gasteiger partial charge in [0.2, 0.25) is 70.9 Å². The molecule has 38 heteroatoms. The molecule has 6 aromatic heterocycles. The van der Waals surface area contributed by atoms with Gasteiger partial charge in [-0.3, -0.25) is 144 Å². The number of piperidine rings is 6. The maximum Gasteiger partial charge on any atom is 0.329 e. The lowest BCUT2D eigenvalue weighted by molar-refractivity contribution is -0.137. The van der Waals surface area contributed by atoms with E-state index in [0.29, 0.717) is 77.8 Å². The molecule has 12 aromatic rings. The molecule has 0 saturated carbocycles. The second-order valence-electron chi connectivity index (χ2n) is 43.0. The van der Waals surface area contributed by atoms with Crippen LogP contribution in [0.3, 0.4) is 0 Å². The summed E-state index contributed by atoms with van der Waals surface area (Å²) < 4.78 is 24.3. The average molecular weight is 1960 g/mol. The van der Waals surface area contributed by atoms with Crippen molar-refractivity contribution in [3.8, 4) is 17.6 Å². The van der Waals surface area contributed by atoms with E-state index in [4.69, 9.17) is 4.74 Å². The van der Waals surface area contributed by atoms with Crippen LogP contribution >= 0.6 is 0 Å². The van der Waals surface area contributed by atoms with Crippen LogP contribution in [0.4, 0.5) is 5.69 Å². The van der Waals surface area contributed by atoms with Gasteiger partial charge in [-0.2, -0.15) is 0 Å². The van der Waals surface area contributed by atoms with Crippen LogP contribution in [0.1, 0.15) is 253 Å². The molecule has 12 heterocycles. The topological polar surface area (TPSA) is 460 Å². The van der Waals surface area contributed by atoms with E-state index < -0.39 is 77.3 Å². The number of carbonyl (C=O) groups is 12. The summed E-state index contributed by atoms with van der Waals surface area (Å²) in [5.41, 5.74) is 11.4. The molecule has 6 fully saturated rings. The van der Waals surface area contributed by atoms with E-state index >= 15 is 0 Å². The van der Waals surface area contributed by atoms with Gasteiger partial charge in [-0.1, -0.05) is 116 Å². The Hall–Kier alpha value is -15.1. The Bertz CT molecular complexity index is 7320. The Kier molecular flexibility index (Phi) is 30.1. The van der Waals surface area contributed by atoms with Gasteiger partial charge < -0.3 is 10.1 Å². The summed E-state index contributed by atoms with van der Waals surface area (Å²) in [7, 11) is 10.2. The quantitative estimate of drug-likeness (QED) is 0.0467. The van der Waals surface area contributed by atoms with E-state index in [-0.39, 0.29) is 130 Å². The van der Waals surface area contributed by atoms with Crippen LogP contribution in [-0.2, 0) is 118 Å². The normalized spacial score (nSPS) is 18.7. The van der Waals surface area contributed by atoms with Gasteiger partial charge in [0, 0.05) is 91.8 Å². The number of aromatic nitrogens is 12. The zero-order chi connectivity index (χ0) is 105. The Morgan fingerprint density at radius 3 is 1.04 bits per heavy atom. The molecule has 18 rings (SSSR count). The summed E-state index contributed by atoms with van der Waals surface area (Å²) in [5.74, 6) is 3.21. The maximum absolute atomic E-state index is 12.8. The van der Waals surface area contributed by atoms with Crippen molar-refractivity contribution in [3.63, 3.8) is 0 Å². The number of rotatable bonds is 11. The van der Waals surface area contributed by atoms with E-state index in [0.717, 1.165) is 73.8 Å². The summed E-state index contributed by atoms with van der Waals surface area (Å²) >= 11 is 0. The number of imidazole rings is 6. The van der Waals surface area contributed by atoms with Crippen molar-refractivity contribution < 1.29 is 62.3 Å². The number of hydrogen-bond donors (Lipinski definition) is 7. The van der Waals surface area contributed by atoms with Gasteiger partial charge in [-0.25, -0.2) is 28.8 Å². The lowest BCUT2D eigenvalue weighted by atomic mass is 9.86. The van der Waals surface area contributed by atoms with Crippen molar-refractivity contribution >= 4 is 143 Å². The van der Waals surface area contributed by atoms with Gasteiger partial charge in [0.15, 0.2) is 0 Å². The molecule has 0 radical (unpaired) electrons. The number of carbonyl (C=O) groups excluding carboxylic acids is 12. The Morgan fingerprint density at radius 2 is 0.671 bits per heavy atom. The van der Waals surface area contributed by atoms with Gasteiger partial charge in [-0.05, 0) is 208 Å². The molecule has 0 aliphatic carbocycles. The highest BCUT2D eigenvalue weighted by Gasteiger charge is 2.40. The Balaban J connectivity index is 0.000000144. The summed E-state index contributed by atoms with van der Waals surface area (Å²) in [5, 5.41) is 17.3. The second-order valence-corrected chi connectivity index (χ2v) is 43.0. The molecular formula is C105H129N19O19. The molecule has 6 atom stereocenters. The molecule has 6 aliphatic rings. The van der Waals surface area contributed by atoms with E-state index in [9.17, 15) is 86.3 Å². The molecule has 0 bridgehead atoms. The summed E-state index contributed by atoms with van der Waals surface area (Å²) in [6.07, 6.45) is 5.23. The van der Waals surface area contributed by atoms with Crippen molar-refractivity contribution in [3.05, 3.63) is 194 Å². The average Bonchev–Trinajstić information content (AvgIpc) is 1.85. The third kappa shape index (κ3) is 22.5. The predicted octanol–water partition coefficient (Wildman–Crippen LogP) is 9.78. The number of aryl methyl sites for hydroxylation is 6. The molecule has 6 aromatic carbocycles. The van der Waals surface area contributed by atoms with Gasteiger partial charge >= 0.3 is 34.1 Å². The fourth-order valence-electron chi connectivity index (χ4n) is 19.2. The molecule has 38 nitrogen and oxygen atoms in total. The molecule has 6 aliphatic heterocycles. The molecule has 12 amide bonds. The van der Waals surface area contributed by atoms with Crippen LogP contribution < -0.4 is 76.1 Å². The first-order valence-corrected chi connectivity index (χ1v) is 48.1. The summed E-state index contributed by atoms with van der Waals surface area (Å²) in [6, 6.07) is 30.1. The molecule has 6 saturated heterocycles. The molecule has 0 spiro atoms. The lowest BCUT2D eigenvalue weighted by Crippen LogP contribution is -2.44. The molecule has 7 N–H and O–H groups in total. The van der Waals surface area contributed by atoms with E-state index in [2.05, 4.69) is 104 Å². The third-order valence-electron chi connectivity index (χ3n) is 25.5. The van der Waals surface area contributed by atoms with Crippen LogP contribution in [0.5, 0.6) is 5.75 Å². The fourth-order valence-corrected chi connectivity index (χ4v) is 19.2. The molecule has 758 valence electrons. The van der Waals surface area contributed by atoms with Crippen LogP contribution in [-0.4, -0.2) is 137 Å². The fraction of sp³-hybridized carbons (Fsp3) is 0.467. The number of benzene rings is 6. The number of amides is 12. The SMILES string of the molecule is CC(C)Cc1ccc2c(c1)n(C)c(=O)n2C1CCC(=O)NC1=O.Cn1c(=O)n(C2CCC(=O)NC2=O)c2cccc(C#CC(C)(C)C)c21.Cn1c(=O)n(C2CCC(=O)NC2=O)c2cccc(C(C)(C)C)c21.Cn1c(=O)n(C2CCC(=O)NC2=O)c2cccc(CC(C)(C)C)c21.Cn1c(=O)n(C2CCC(=O)NC2=O)c2cccc(NC(C)(C)C)c21.Cn1c(=O)n(C2CCC(=O)NC2=O)c2cccc(OC(C)(C)C)c21. The minimum atomic E-state index is -0.691. The van der Waals surface area contributed by atoms with Crippen molar-refractivity contribution in [2.75, 3.05) is 5.32 Å². The van der Waals surface area contributed by atoms with Crippen molar-refractivity contribution in [2.45, 2.75) is 260 Å². The Morgan fingerprint density at radius 1 is 0.350 bits per heavy atom. The third-order valence-corrected chi connectivity index (χ3v) is 25.5. The zero-order valence-corrected chi connectivity index (χ0v) is 85.5. The zero-order valence-electron chi connectivity index (χ0n) is 85.5. The van der Waals surface area contributed by atoms with Crippen LogP contribution in [0.2, 0.25) is 0 Å². The maximum atomic E-state index is 12.8. The minimum absolute atomic E-state index is 0.0844. The monoisotopic (exact) mass is 1960 g/mol. The first-order chi connectivity index (χ1) is 66.8. The van der Waals surface area contributed by atoms with Gasteiger partial charge in [0.05, 0.1) is 71.9 Å². The van der Waals surface area contributed by atoms with Crippen LogP contribution in [0, 0.1) is 28.6 Å². The number of anilines is 1. The summed E-state index contributed by atoms with van der Waals surface area (Å²) in [4.78, 5) is 218. The molecule has 6 unspecified atom stereocenters. The smallest absolute Gasteiger partial charge is 0.329 e. The molecular weight excluding hydrogens is 1830 g/mol. The number of imide groups is 6. The van der Waals surface area contributed by atoms with Crippen LogP contribution in [0.25, 0.3) is 66.2 Å².